The zero-order valence-corrected chi connectivity index (χ0v) is 31.8. The predicted molar refractivity (Wildman–Crippen MR) is 207 cm³/mol. The van der Waals surface area contributed by atoms with Gasteiger partial charge in [0, 0.05) is 23.8 Å². The second kappa shape index (κ2) is 14.1. The third kappa shape index (κ3) is 5.56. The van der Waals surface area contributed by atoms with E-state index in [0.717, 1.165) is 29.4 Å². The summed E-state index contributed by atoms with van der Waals surface area (Å²) in [7, 11) is 1.54. The van der Waals surface area contributed by atoms with E-state index in [1.165, 1.54) is 11.0 Å². The third-order valence-electron chi connectivity index (χ3n) is 12.2. The highest BCUT2D eigenvalue weighted by Crippen LogP contribution is 2.64. The third-order valence-corrected chi connectivity index (χ3v) is 12.7. The van der Waals surface area contributed by atoms with Crippen molar-refractivity contribution in [2.75, 3.05) is 48.6 Å². The topological polar surface area (TPSA) is 142 Å². The van der Waals surface area contributed by atoms with Crippen LogP contribution < -0.4 is 20.0 Å². The maximum atomic E-state index is 15.4. The summed E-state index contributed by atoms with van der Waals surface area (Å²) >= 11 is 12.7. The summed E-state index contributed by atoms with van der Waals surface area (Å²) in [5, 5.41) is 11.7. The fourth-order valence-electron chi connectivity index (χ4n) is 9.67. The molecule has 4 aromatic rings. The summed E-state index contributed by atoms with van der Waals surface area (Å²) in [5.74, 6) is -4.49. The number of halogens is 2. The number of hydrogen-bond donors (Lipinski definition) is 2. The molecule has 4 fully saturated rings. The summed E-state index contributed by atoms with van der Waals surface area (Å²) < 4.78 is 17.2. The molecule has 5 aliphatic rings. The molecule has 9 rings (SSSR count). The van der Waals surface area contributed by atoms with Crippen LogP contribution in [0.3, 0.4) is 0 Å². The number of hydrogen-bond acceptors (Lipinski definition) is 10. The Bertz CT molecular complexity index is 2270. The highest BCUT2D eigenvalue weighted by atomic mass is 35.5. The number of furan rings is 1. The van der Waals surface area contributed by atoms with Crippen LogP contribution in [0.2, 0.25) is 10.0 Å². The van der Waals surface area contributed by atoms with Crippen LogP contribution in [0, 0.1) is 23.7 Å². The number of ether oxygens (including phenoxy) is 2. The number of morpholine rings is 1. The van der Waals surface area contributed by atoms with Crippen molar-refractivity contribution >= 4 is 63.9 Å². The van der Waals surface area contributed by atoms with Gasteiger partial charge >= 0.3 is 0 Å². The number of rotatable bonds is 8. The lowest BCUT2D eigenvalue weighted by atomic mass is 9.50. The van der Waals surface area contributed by atoms with Gasteiger partial charge in [-0.1, -0.05) is 47.0 Å². The molecule has 56 heavy (non-hydrogen) atoms. The highest BCUT2D eigenvalue weighted by Gasteiger charge is 2.71. The number of aliphatic hydroxyl groups is 1. The average molecular weight is 798 g/mol. The minimum atomic E-state index is -1.57. The molecule has 6 atom stereocenters. The van der Waals surface area contributed by atoms with E-state index in [9.17, 15) is 19.5 Å². The van der Waals surface area contributed by atoms with E-state index in [1.807, 2.05) is 18.2 Å². The summed E-state index contributed by atoms with van der Waals surface area (Å²) in [6.45, 7) is 2.36. The monoisotopic (exact) mass is 796 g/mol. The van der Waals surface area contributed by atoms with Crippen LogP contribution in [-0.4, -0.2) is 67.2 Å². The van der Waals surface area contributed by atoms with E-state index < -0.39 is 46.8 Å². The van der Waals surface area contributed by atoms with Gasteiger partial charge in [-0.2, -0.15) is 5.01 Å². The van der Waals surface area contributed by atoms with Gasteiger partial charge in [0.15, 0.2) is 0 Å². The van der Waals surface area contributed by atoms with Crippen molar-refractivity contribution in [1.82, 2.24) is 5.01 Å². The molecule has 3 aliphatic heterocycles. The molecule has 0 radical (unpaired) electrons. The number of anilines is 3. The van der Waals surface area contributed by atoms with Gasteiger partial charge < -0.3 is 23.9 Å². The lowest BCUT2D eigenvalue weighted by molar-refractivity contribution is -0.138. The van der Waals surface area contributed by atoms with Gasteiger partial charge in [-0.25, -0.2) is 0 Å². The van der Waals surface area contributed by atoms with Crippen molar-refractivity contribution in [1.29, 1.82) is 0 Å². The van der Waals surface area contributed by atoms with E-state index in [0.29, 0.717) is 46.7 Å². The Hall–Kier alpha value is -5.14. The normalized spacial score (nSPS) is 27.2. The smallest absolute Gasteiger partial charge is 0.260 e. The van der Waals surface area contributed by atoms with E-state index in [1.54, 1.807) is 67.8 Å². The van der Waals surface area contributed by atoms with Gasteiger partial charge in [0.2, 0.25) is 11.8 Å². The van der Waals surface area contributed by atoms with E-state index in [4.69, 9.17) is 37.1 Å². The van der Waals surface area contributed by atoms with Crippen LogP contribution >= 0.6 is 23.2 Å². The molecule has 14 heteroatoms. The molecule has 4 heterocycles. The average Bonchev–Trinajstić information content (AvgIpc) is 3.86. The summed E-state index contributed by atoms with van der Waals surface area (Å²) in [4.78, 5) is 62.7. The number of carbonyl (C=O) groups excluding carboxylic acids is 4. The van der Waals surface area contributed by atoms with Gasteiger partial charge in [0.25, 0.3) is 11.8 Å². The summed E-state index contributed by atoms with van der Waals surface area (Å²) in [5.41, 5.74) is 4.44. The van der Waals surface area contributed by atoms with Crippen LogP contribution in [0.15, 0.2) is 94.9 Å². The second-order valence-electron chi connectivity index (χ2n) is 14.8. The second-order valence-corrected chi connectivity index (χ2v) is 15.6. The van der Waals surface area contributed by atoms with Crippen molar-refractivity contribution in [2.45, 2.75) is 30.8 Å². The highest BCUT2D eigenvalue weighted by molar-refractivity contribution is 6.36. The Morgan fingerprint density at radius 1 is 0.875 bits per heavy atom. The fourth-order valence-corrected chi connectivity index (χ4v) is 10.1. The van der Waals surface area contributed by atoms with Crippen molar-refractivity contribution in [3.63, 3.8) is 0 Å². The number of imide groups is 2. The lowest BCUT2D eigenvalue weighted by Gasteiger charge is -2.49. The molecule has 1 saturated carbocycles. The standard InChI is InChI=1S/C42H38Cl2N4O8/c1-54-27-9-2-23(3-10-27)42-32(39(51)48(41(42)53)45-34-14-4-24(43)20-33(34)44)21-31-29(37(42)35-15-11-28(22-49)56-35)12-13-30-36(31)40(52)47(38(30)50)26-7-5-25(6-8-26)46-16-18-55-19-17-46/h2-12,14-15,20,30-32,36-37,45,49H,13,16-19,21-22H2,1H3. The first-order chi connectivity index (χ1) is 27.1. The molecule has 0 spiro atoms. The maximum Gasteiger partial charge on any atom is 0.260 e. The van der Waals surface area contributed by atoms with Gasteiger partial charge in [-0.15, -0.1) is 0 Å². The number of nitrogens with zero attached hydrogens (tertiary/aromatic N) is 3. The molecule has 4 amide bonds. The fraction of sp³-hybridized carbons (Fsp3) is 0.333. The number of carbonyl (C=O) groups is 4. The molecule has 2 N–H and O–H groups in total. The lowest BCUT2D eigenvalue weighted by Crippen LogP contribution is -2.53. The first kappa shape index (κ1) is 36.5. The van der Waals surface area contributed by atoms with Crippen molar-refractivity contribution in [3.05, 3.63) is 118 Å². The zero-order chi connectivity index (χ0) is 38.9. The molecular weight excluding hydrogens is 759 g/mol. The largest absolute Gasteiger partial charge is 0.497 e. The number of allylic oxidation sites excluding steroid dienone is 2. The minimum absolute atomic E-state index is 0.100. The SMILES string of the molecule is COc1ccc(C23C(=O)N(Nc4ccc(Cl)cc4Cl)C(=O)C2CC2C(=CCC4C(=O)N(c5ccc(N6CCOCC6)cc5)C(=O)C42)C3c2ccc(CO)o2)cc1. The van der Waals surface area contributed by atoms with Crippen molar-refractivity contribution in [2.24, 2.45) is 23.7 Å². The quantitative estimate of drug-likeness (QED) is 0.158. The summed E-state index contributed by atoms with van der Waals surface area (Å²) in [6, 6.07) is 22.5. The molecule has 12 nitrogen and oxygen atoms in total. The Morgan fingerprint density at radius 2 is 1.61 bits per heavy atom. The Morgan fingerprint density at radius 3 is 2.29 bits per heavy atom. The van der Waals surface area contributed by atoms with Crippen LogP contribution in [-0.2, 0) is 35.9 Å². The predicted octanol–water partition coefficient (Wildman–Crippen LogP) is 6.11. The number of hydrazine groups is 1. The van der Waals surface area contributed by atoms with Crippen LogP contribution in [0.25, 0.3) is 0 Å². The number of methoxy groups -OCH3 is 1. The molecular formula is C42H38Cl2N4O8. The van der Waals surface area contributed by atoms with Gasteiger partial charge in [-0.3, -0.25) is 29.5 Å². The first-order valence-electron chi connectivity index (χ1n) is 18.6. The van der Waals surface area contributed by atoms with Crippen molar-refractivity contribution < 1.29 is 38.2 Å². The van der Waals surface area contributed by atoms with E-state index >= 15 is 4.79 Å². The van der Waals surface area contributed by atoms with Crippen LogP contribution in [0.4, 0.5) is 17.1 Å². The van der Waals surface area contributed by atoms with Gasteiger partial charge in [0.1, 0.15) is 29.3 Å². The van der Waals surface area contributed by atoms with Crippen molar-refractivity contribution in [3.8, 4) is 5.75 Å². The Balaban J connectivity index is 1.16. The Kier molecular flexibility index (Phi) is 9.19. The maximum absolute atomic E-state index is 15.4. The number of benzene rings is 3. The van der Waals surface area contributed by atoms with Gasteiger partial charge in [-0.05, 0) is 91.1 Å². The Labute approximate surface area is 332 Å². The van der Waals surface area contributed by atoms with Crippen LogP contribution in [0.1, 0.15) is 35.8 Å². The first-order valence-corrected chi connectivity index (χ1v) is 19.4. The number of nitrogens with one attached hydrogen (secondary N) is 1. The van der Waals surface area contributed by atoms with Crippen LogP contribution in [0.5, 0.6) is 5.75 Å². The molecule has 288 valence electrons. The zero-order valence-electron chi connectivity index (χ0n) is 30.3. The molecule has 2 aliphatic carbocycles. The molecule has 6 unspecified atom stereocenters. The summed E-state index contributed by atoms with van der Waals surface area (Å²) in [6.07, 6.45) is 2.31. The number of fused-ring (bicyclic) bond motifs is 4. The molecule has 3 saturated heterocycles. The van der Waals surface area contributed by atoms with E-state index in [2.05, 4.69) is 10.3 Å². The minimum Gasteiger partial charge on any atom is -0.497 e. The number of aliphatic hydroxyl groups excluding tert-OH is 1. The molecule has 3 aromatic carbocycles. The van der Waals surface area contributed by atoms with Gasteiger partial charge in [0.05, 0.1) is 60.4 Å². The molecule has 0 bridgehead atoms. The van der Waals surface area contributed by atoms with E-state index in [-0.39, 0.29) is 42.0 Å². The molecule has 1 aromatic heterocycles. The number of amides is 4.